The molecule has 2 heterocycles. The van der Waals surface area contributed by atoms with Crippen LogP contribution in [0.5, 0.6) is 0 Å². The molecule has 1 aliphatic rings. The van der Waals surface area contributed by atoms with Gasteiger partial charge in [0.15, 0.2) is 5.82 Å². The topological polar surface area (TPSA) is 121 Å². The summed E-state index contributed by atoms with van der Waals surface area (Å²) in [5, 5.41) is 6.12. The highest BCUT2D eigenvalue weighted by Crippen LogP contribution is 2.39. The lowest BCUT2D eigenvalue weighted by Gasteiger charge is -2.43. The van der Waals surface area contributed by atoms with Crippen LogP contribution < -0.4 is 26.7 Å². The molecular weight excluding hydrogens is 782 g/mol. The Kier molecular flexibility index (Phi) is 14.3. The van der Waals surface area contributed by atoms with Gasteiger partial charge in [0.1, 0.15) is 17.8 Å². The van der Waals surface area contributed by atoms with Crippen molar-refractivity contribution in [1.29, 1.82) is 0 Å². The molecule has 1 aliphatic heterocycles. The molecule has 2 amide bonds. The molecule has 0 bridgehead atoms. The highest BCUT2D eigenvalue weighted by atomic mass is 33.1. The molecule has 4 aromatic rings. The van der Waals surface area contributed by atoms with Gasteiger partial charge < -0.3 is 24.5 Å². The Morgan fingerprint density at radius 2 is 1.59 bits per heavy atom. The smallest absolute Gasteiger partial charge is 0.405 e. The number of anilines is 1. The average Bonchev–Trinajstić information content (AvgIpc) is 3.56. The third-order valence-corrected chi connectivity index (χ3v) is 16.0. The van der Waals surface area contributed by atoms with Gasteiger partial charge in [-0.25, -0.2) is 4.79 Å². The van der Waals surface area contributed by atoms with Gasteiger partial charge in [0, 0.05) is 18.2 Å². The van der Waals surface area contributed by atoms with Gasteiger partial charge in [0.2, 0.25) is 0 Å². The third-order valence-electron chi connectivity index (χ3n) is 9.01. The number of benzene rings is 3. The Balaban J connectivity index is 1.50. The molecule has 16 heteroatoms. The van der Waals surface area contributed by atoms with Crippen LogP contribution in [0.1, 0.15) is 56.3 Å². The highest BCUT2D eigenvalue weighted by molar-refractivity contribution is 8.76. The van der Waals surface area contributed by atoms with Gasteiger partial charge in [0.05, 0.1) is 24.8 Å². The van der Waals surface area contributed by atoms with Gasteiger partial charge in [-0.3, -0.25) is 14.2 Å². The van der Waals surface area contributed by atoms with Crippen LogP contribution in [0.3, 0.4) is 0 Å². The molecule has 10 nitrogen and oxygen atoms in total. The highest BCUT2D eigenvalue weighted by Gasteiger charge is 2.51. The van der Waals surface area contributed by atoms with Crippen molar-refractivity contribution < 1.29 is 36.7 Å². The van der Waals surface area contributed by atoms with E-state index < -0.39 is 57.0 Å². The molecule has 56 heavy (non-hydrogen) atoms. The van der Waals surface area contributed by atoms with E-state index in [2.05, 4.69) is 67.2 Å². The van der Waals surface area contributed by atoms with Crippen LogP contribution in [0.15, 0.2) is 102 Å². The first-order chi connectivity index (χ1) is 26.6. The molecule has 1 unspecified atom stereocenters. The quantitative estimate of drug-likeness (QED) is 0.0711. The standard InChI is InChI=1S/C40H43F3N4O6S2Si/c1-27(55-54-5)52-32-24-34(53-33(32)26-51-56(39(2,3)4,30-19-11-7-12-20-30)31-21-13-8-14-22-31)47-25-29(18-15-23-44-37(49)40(41,42)43)35(46-38(47)50)45-36(48)28-16-9-6-10-17-28/h6-14,16-17,19-22,25,27,32-34H,23-24,26H2,1-5H3,(H,44,49)(H,45,46,48,50)/t27-,32?,33-,34-/m1/s1. The van der Waals surface area contributed by atoms with E-state index in [9.17, 15) is 27.6 Å². The normalized spacial score (nSPS) is 17.8. The van der Waals surface area contributed by atoms with Crippen molar-refractivity contribution in [3.05, 3.63) is 119 Å². The maximum Gasteiger partial charge on any atom is 0.471 e. The molecule has 1 saturated heterocycles. The molecule has 4 atom stereocenters. The zero-order valence-corrected chi connectivity index (χ0v) is 34.1. The summed E-state index contributed by atoms with van der Waals surface area (Å²) in [6, 6.07) is 28.5. The number of nitrogens with one attached hydrogen (secondary N) is 2. The lowest BCUT2D eigenvalue weighted by Crippen LogP contribution is -2.67. The molecular formula is C40H43F3N4O6S2Si. The van der Waals surface area contributed by atoms with E-state index in [1.165, 1.54) is 21.6 Å². The second kappa shape index (κ2) is 18.7. The summed E-state index contributed by atoms with van der Waals surface area (Å²) in [5.41, 5.74) is -0.732. The van der Waals surface area contributed by atoms with E-state index >= 15 is 0 Å². The van der Waals surface area contributed by atoms with Crippen LogP contribution >= 0.6 is 21.6 Å². The van der Waals surface area contributed by atoms with Crippen LogP contribution in [0, 0.1) is 11.8 Å². The lowest BCUT2D eigenvalue weighted by atomic mass is 10.2. The maximum atomic E-state index is 13.7. The van der Waals surface area contributed by atoms with E-state index in [-0.39, 0.29) is 40.4 Å². The summed E-state index contributed by atoms with van der Waals surface area (Å²) in [4.78, 5) is 42.3. The predicted octanol–water partition coefficient (Wildman–Crippen LogP) is 6.13. The zero-order valence-electron chi connectivity index (χ0n) is 31.5. The monoisotopic (exact) mass is 824 g/mol. The van der Waals surface area contributed by atoms with Crippen molar-refractivity contribution in [2.75, 3.05) is 24.7 Å². The zero-order chi connectivity index (χ0) is 40.5. The number of aromatic nitrogens is 2. The molecule has 0 aliphatic carbocycles. The number of ether oxygens (including phenoxy) is 2. The number of hydrogen-bond acceptors (Lipinski definition) is 9. The molecule has 0 radical (unpaired) electrons. The van der Waals surface area contributed by atoms with Crippen LogP contribution in [0.2, 0.25) is 5.04 Å². The number of halogens is 3. The van der Waals surface area contributed by atoms with Crippen LogP contribution in [0.25, 0.3) is 0 Å². The number of carbonyl (C=O) groups excluding carboxylic acids is 2. The maximum absolute atomic E-state index is 13.7. The minimum atomic E-state index is -5.09. The van der Waals surface area contributed by atoms with Gasteiger partial charge in [-0.05, 0) is 40.7 Å². The Morgan fingerprint density at radius 1 is 1.00 bits per heavy atom. The van der Waals surface area contributed by atoms with Crippen molar-refractivity contribution in [2.24, 2.45) is 0 Å². The lowest BCUT2D eigenvalue weighted by molar-refractivity contribution is -0.173. The molecule has 2 N–H and O–H groups in total. The summed E-state index contributed by atoms with van der Waals surface area (Å²) < 4.78 is 59.9. The van der Waals surface area contributed by atoms with E-state index in [0.717, 1.165) is 10.4 Å². The van der Waals surface area contributed by atoms with Gasteiger partial charge in [-0.2, -0.15) is 18.2 Å². The number of hydrogen-bond donors (Lipinski definition) is 2. The Hall–Kier alpha value is -4.37. The molecule has 296 valence electrons. The van der Waals surface area contributed by atoms with Gasteiger partial charge in [-0.15, -0.1) is 0 Å². The SMILES string of the molecule is CSS[C@H](C)OC1C[C@H](n2cc(C#CCNC(=O)C(F)(F)F)c(NC(=O)c3ccccc3)nc2=O)O[C@@H]1CO[Si](c1ccccc1)(c1ccccc1)C(C)(C)C. The number of amides is 2. The van der Waals surface area contributed by atoms with E-state index in [1.54, 1.807) is 46.4 Å². The third kappa shape index (κ3) is 10.3. The summed E-state index contributed by atoms with van der Waals surface area (Å²) in [7, 11) is 0.0863. The number of alkyl halides is 3. The summed E-state index contributed by atoms with van der Waals surface area (Å²) in [5.74, 6) is 2.16. The average molecular weight is 825 g/mol. The first-order valence-electron chi connectivity index (χ1n) is 17.7. The van der Waals surface area contributed by atoms with E-state index in [4.69, 9.17) is 13.9 Å². The summed E-state index contributed by atoms with van der Waals surface area (Å²) in [6.45, 7) is 7.91. The molecule has 1 fully saturated rings. The largest absolute Gasteiger partial charge is 0.471 e. The van der Waals surface area contributed by atoms with E-state index in [1.807, 2.05) is 49.6 Å². The molecule has 0 saturated carbocycles. The second-order valence-electron chi connectivity index (χ2n) is 13.8. The van der Waals surface area contributed by atoms with Crippen LogP contribution in [0.4, 0.5) is 19.0 Å². The number of rotatable bonds is 13. The van der Waals surface area contributed by atoms with E-state index in [0.29, 0.717) is 0 Å². The van der Waals surface area contributed by atoms with Crippen molar-refractivity contribution in [2.45, 2.75) is 69.2 Å². The van der Waals surface area contributed by atoms with Gasteiger partial charge in [-0.1, -0.05) is 133 Å². The van der Waals surface area contributed by atoms with Crippen LogP contribution in [-0.2, 0) is 18.7 Å². The van der Waals surface area contributed by atoms with Crippen molar-refractivity contribution >= 4 is 57.9 Å². The Morgan fingerprint density at radius 3 is 2.14 bits per heavy atom. The second-order valence-corrected chi connectivity index (χ2v) is 20.9. The minimum absolute atomic E-state index is 0.00882. The number of carbonyl (C=O) groups is 2. The minimum Gasteiger partial charge on any atom is -0.405 e. The Labute approximate surface area is 332 Å². The van der Waals surface area contributed by atoms with Crippen molar-refractivity contribution in [3.63, 3.8) is 0 Å². The fraction of sp³-hybridized carbons (Fsp3) is 0.350. The predicted molar refractivity (Wildman–Crippen MR) is 216 cm³/mol. The van der Waals surface area contributed by atoms with Crippen LogP contribution in [-0.4, -0.2) is 72.9 Å². The number of nitrogens with zero attached hydrogens (tertiary/aromatic N) is 2. The van der Waals surface area contributed by atoms with Crippen molar-refractivity contribution in [3.8, 4) is 11.8 Å². The fourth-order valence-electron chi connectivity index (χ4n) is 6.53. The van der Waals surface area contributed by atoms with Crippen molar-refractivity contribution in [1.82, 2.24) is 14.9 Å². The Bertz CT molecular complexity index is 2040. The first kappa shape index (κ1) is 42.8. The summed E-state index contributed by atoms with van der Waals surface area (Å²) >= 11 is 0. The van der Waals surface area contributed by atoms with Gasteiger partial charge >= 0.3 is 17.8 Å². The first-order valence-corrected chi connectivity index (χ1v) is 22.3. The van der Waals surface area contributed by atoms with Gasteiger partial charge in [0.25, 0.3) is 14.2 Å². The molecule has 5 rings (SSSR count). The molecule has 1 aromatic heterocycles. The molecule has 0 spiro atoms. The fourth-order valence-corrected chi connectivity index (χ4v) is 12.5. The molecule has 3 aromatic carbocycles. The summed E-state index contributed by atoms with van der Waals surface area (Å²) in [6.07, 6.45) is -3.66.